The number of fused-ring (bicyclic) bond motifs is 1. The minimum Gasteiger partial charge on any atom is -0.493 e. The third kappa shape index (κ3) is 5.21. The number of ether oxygens (including phenoxy) is 4. The van der Waals surface area contributed by atoms with E-state index >= 15 is 0 Å². The Morgan fingerprint density at radius 2 is 1.63 bits per heavy atom. The van der Waals surface area contributed by atoms with Gasteiger partial charge in [0.25, 0.3) is 0 Å². The van der Waals surface area contributed by atoms with Gasteiger partial charge in [-0.25, -0.2) is 9.59 Å². The fraction of sp³-hybridized carbons (Fsp3) is 0.296. The molecule has 1 aromatic heterocycles. The van der Waals surface area contributed by atoms with Crippen molar-refractivity contribution in [1.82, 2.24) is 0 Å². The van der Waals surface area contributed by atoms with Crippen LogP contribution in [-0.2, 0) is 4.74 Å². The largest absolute Gasteiger partial charge is 0.493 e. The molecule has 184 valence electrons. The quantitative estimate of drug-likeness (QED) is 0.182. The number of esters is 1. The molecule has 1 heterocycles. The van der Waals surface area contributed by atoms with E-state index in [-0.39, 0.29) is 17.3 Å². The first-order valence-corrected chi connectivity index (χ1v) is 11.0. The highest BCUT2D eigenvalue weighted by molar-refractivity contribution is 6.07. The highest BCUT2D eigenvalue weighted by Crippen LogP contribution is 2.38. The molecule has 3 aromatic rings. The van der Waals surface area contributed by atoms with Crippen LogP contribution in [0.5, 0.6) is 17.2 Å². The van der Waals surface area contributed by atoms with Gasteiger partial charge in [0.05, 0.1) is 28.4 Å². The zero-order chi connectivity index (χ0) is 25.7. The Hall–Kier alpha value is -4.07. The topological polar surface area (TPSA) is 101 Å². The average Bonchev–Trinajstić information content (AvgIpc) is 2.88. The number of hydrogen-bond acceptors (Lipinski definition) is 8. The van der Waals surface area contributed by atoms with E-state index in [4.69, 9.17) is 23.4 Å². The summed E-state index contributed by atoms with van der Waals surface area (Å²) in [5, 5.41) is 0.558. The fourth-order valence-corrected chi connectivity index (χ4v) is 3.71. The molecule has 0 bridgehead atoms. The Morgan fingerprint density at radius 3 is 2.17 bits per heavy atom. The van der Waals surface area contributed by atoms with Gasteiger partial charge in [-0.2, -0.15) is 0 Å². The summed E-state index contributed by atoms with van der Waals surface area (Å²) >= 11 is 0. The van der Waals surface area contributed by atoms with E-state index in [2.05, 4.69) is 0 Å². The van der Waals surface area contributed by atoms with Crippen LogP contribution < -0.4 is 19.8 Å². The molecule has 3 rings (SSSR count). The van der Waals surface area contributed by atoms with Crippen molar-refractivity contribution in [2.24, 2.45) is 0 Å². The summed E-state index contributed by atoms with van der Waals surface area (Å²) in [6.45, 7) is 4.03. The number of carbonyl (C=O) groups is 2. The number of allylic oxidation sites excluding steroid dienone is 1. The molecule has 8 heteroatoms. The summed E-state index contributed by atoms with van der Waals surface area (Å²) in [7, 11) is 5.65. The summed E-state index contributed by atoms with van der Waals surface area (Å²) in [6.07, 6.45) is 3.90. The number of benzene rings is 2. The molecular formula is C27H28O8. The van der Waals surface area contributed by atoms with Gasteiger partial charge in [0.15, 0.2) is 17.3 Å². The number of hydrogen-bond donors (Lipinski definition) is 0. The maximum atomic E-state index is 13.0. The minimum absolute atomic E-state index is 0.0730. The molecule has 0 aliphatic heterocycles. The molecule has 1 atom stereocenters. The highest BCUT2D eigenvalue weighted by atomic mass is 16.5. The lowest BCUT2D eigenvalue weighted by Gasteiger charge is -2.14. The van der Waals surface area contributed by atoms with Gasteiger partial charge in [-0.3, -0.25) is 4.79 Å². The summed E-state index contributed by atoms with van der Waals surface area (Å²) in [6, 6.07) is 8.23. The predicted molar refractivity (Wildman–Crippen MR) is 132 cm³/mol. The Labute approximate surface area is 203 Å². The monoisotopic (exact) mass is 480 g/mol. The number of methoxy groups -OCH3 is 4. The first-order valence-electron chi connectivity index (χ1n) is 11.0. The second-order valence-electron chi connectivity index (χ2n) is 7.89. The zero-order valence-corrected chi connectivity index (χ0v) is 20.6. The molecule has 1 unspecified atom stereocenters. The van der Waals surface area contributed by atoms with Crippen molar-refractivity contribution in [1.29, 1.82) is 0 Å². The van der Waals surface area contributed by atoms with Crippen LogP contribution in [0.1, 0.15) is 58.0 Å². The van der Waals surface area contributed by atoms with Crippen molar-refractivity contribution < 1.29 is 33.0 Å². The van der Waals surface area contributed by atoms with Crippen LogP contribution in [0.15, 0.2) is 45.6 Å². The SMILES string of the molecule is CCC(C)c1cc(/C=C/C(=O)c2cc(OC)c(OC)c(OC)c2)cc2cc(C(=O)OC)c(=O)oc12. The number of rotatable bonds is 9. The predicted octanol–water partition coefficient (Wildman–Crippen LogP) is 5.02. The van der Waals surface area contributed by atoms with Crippen LogP contribution in [-0.4, -0.2) is 40.2 Å². The second kappa shape index (κ2) is 10.9. The van der Waals surface area contributed by atoms with Crippen molar-refractivity contribution in [2.75, 3.05) is 28.4 Å². The van der Waals surface area contributed by atoms with Gasteiger partial charge < -0.3 is 23.4 Å². The van der Waals surface area contributed by atoms with Gasteiger partial charge >= 0.3 is 11.6 Å². The van der Waals surface area contributed by atoms with Gasteiger partial charge in [0.1, 0.15) is 11.1 Å². The maximum absolute atomic E-state index is 13.0. The first kappa shape index (κ1) is 25.6. The summed E-state index contributed by atoms with van der Waals surface area (Å²) in [4.78, 5) is 37.3. The minimum atomic E-state index is -0.774. The summed E-state index contributed by atoms with van der Waals surface area (Å²) < 4.78 is 26.2. The third-order valence-electron chi connectivity index (χ3n) is 5.81. The Balaban J connectivity index is 2.08. The Kier molecular flexibility index (Phi) is 7.96. The zero-order valence-electron chi connectivity index (χ0n) is 20.6. The molecule has 8 nitrogen and oxygen atoms in total. The van der Waals surface area contributed by atoms with E-state index in [1.807, 2.05) is 19.9 Å². The number of ketones is 1. The van der Waals surface area contributed by atoms with E-state index in [0.717, 1.165) is 12.0 Å². The van der Waals surface area contributed by atoms with E-state index in [0.29, 0.717) is 39.3 Å². The second-order valence-corrected chi connectivity index (χ2v) is 7.89. The smallest absolute Gasteiger partial charge is 0.351 e. The van der Waals surface area contributed by atoms with E-state index < -0.39 is 11.6 Å². The Bertz CT molecular complexity index is 1320. The molecule has 0 saturated heterocycles. The van der Waals surface area contributed by atoms with Crippen LogP contribution in [0, 0.1) is 0 Å². The van der Waals surface area contributed by atoms with Crippen molar-refractivity contribution >= 4 is 28.8 Å². The van der Waals surface area contributed by atoms with Crippen LogP contribution in [0.4, 0.5) is 0 Å². The van der Waals surface area contributed by atoms with Crippen LogP contribution in [0.3, 0.4) is 0 Å². The molecule has 0 saturated carbocycles. The van der Waals surface area contributed by atoms with Crippen LogP contribution in [0.2, 0.25) is 0 Å². The third-order valence-corrected chi connectivity index (χ3v) is 5.81. The summed E-state index contributed by atoms with van der Waals surface area (Å²) in [5.41, 5.74) is 1.33. The molecule has 0 radical (unpaired) electrons. The normalized spacial score (nSPS) is 11.9. The lowest BCUT2D eigenvalue weighted by molar-refractivity contribution is 0.0596. The van der Waals surface area contributed by atoms with Crippen molar-refractivity contribution in [3.8, 4) is 17.2 Å². The average molecular weight is 481 g/mol. The van der Waals surface area contributed by atoms with Gasteiger partial charge in [0.2, 0.25) is 5.75 Å². The lowest BCUT2D eigenvalue weighted by atomic mass is 9.93. The number of carbonyl (C=O) groups excluding carboxylic acids is 2. The fourth-order valence-electron chi connectivity index (χ4n) is 3.71. The summed E-state index contributed by atoms with van der Waals surface area (Å²) in [5.74, 6) is 0.168. The standard InChI is InChI=1S/C27H28O8/c1-7-15(2)19-11-16(10-18-12-20(26(29)34-6)27(30)35-24(18)19)8-9-21(28)17-13-22(31-3)25(33-5)23(14-17)32-4/h8-15H,7H2,1-6H3/b9-8+. The molecular weight excluding hydrogens is 452 g/mol. The molecule has 0 aliphatic rings. The van der Waals surface area contributed by atoms with Crippen molar-refractivity contribution in [3.05, 3.63) is 69.1 Å². The highest BCUT2D eigenvalue weighted by Gasteiger charge is 2.19. The van der Waals surface area contributed by atoms with Gasteiger partial charge in [-0.05, 0) is 59.9 Å². The van der Waals surface area contributed by atoms with E-state index in [9.17, 15) is 14.4 Å². The molecule has 0 aliphatic carbocycles. The molecule has 35 heavy (non-hydrogen) atoms. The molecule has 0 fully saturated rings. The van der Waals surface area contributed by atoms with Crippen LogP contribution in [0.25, 0.3) is 17.0 Å². The van der Waals surface area contributed by atoms with Crippen LogP contribution >= 0.6 is 0 Å². The Morgan fingerprint density at radius 1 is 0.971 bits per heavy atom. The molecule has 0 amide bonds. The maximum Gasteiger partial charge on any atom is 0.351 e. The lowest BCUT2D eigenvalue weighted by Crippen LogP contribution is -2.15. The van der Waals surface area contributed by atoms with E-state index in [1.54, 1.807) is 24.3 Å². The van der Waals surface area contributed by atoms with E-state index in [1.165, 1.54) is 40.6 Å². The van der Waals surface area contributed by atoms with Crippen molar-refractivity contribution in [2.45, 2.75) is 26.2 Å². The molecule has 2 aromatic carbocycles. The van der Waals surface area contributed by atoms with Crippen molar-refractivity contribution in [3.63, 3.8) is 0 Å². The molecule has 0 N–H and O–H groups in total. The van der Waals surface area contributed by atoms with Gasteiger partial charge in [0, 0.05) is 10.9 Å². The van der Waals surface area contributed by atoms with Gasteiger partial charge in [-0.1, -0.05) is 19.9 Å². The first-order chi connectivity index (χ1) is 16.8. The van der Waals surface area contributed by atoms with Gasteiger partial charge in [-0.15, -0.1) is 0 Å². The molecule has 0 spiro atoms.